The fourth-order valence-electron chi connectivity index (χ4n) is 1.99. The molecule has 0 aliphatic carbocycles. The van der Waals surface area contributed by atoms with Gasteiger partial charge in [0.2, 0.25) is 0 Å². The molecule has 0 spiro atoms. The van der Waals surface area contributed by atoms with E-state index >= 15 is 0 Å². The van der Waals surface area contributed by atoms with Crippen LogP contribution in [0.5, 0.6) is 5.75 Å². The average molecular weight is 276 g/mol. The van der Waals surface area contributed by atoms with E-state index < -0.39 is 0 Å². The lowest BCUT2D eigenvalue weighted by Crippen LogP contribution is -2.00. The number of pyridine rings is 1. The number of para-hydroxylation sites is 1. The average Bonchev–Trinajstić information content (AvgIpc) is 2.56. The minimum Gasteiger partial charge on any atom is -0.485 e. The van der Waals surface area contributed by atoms with Crippen molar-refractivity contribution in [2.24, 2.45) is 0 Å². The van der Waals surface area contributed by atoms with Crippen molar-refractivity contribution in [1.82, 2.24) is 4.98 Å². The molecule has 1 heterocycles. The quantitative estimate of drug-likeness (QED) is 0.749. The number of hydrogen-bond donors (Lipinski definition) is 1. The number of rotatable bonds is 5. The molecule has 3 nitrogen and oxygen atoms in total. The molecule has 0 amide bonds. The molecule has 0 aliphatic rings. The highest BCUT2D eigenvalue weighted by Gasteiger charge is 2.05. The van der Waals surface area contributed by atoms with Crippen molar-refractivity contribution in [3.05, 3.63) is 84.6 Å². The Labute approximate surface area is 124 Å². The van der Waals surface area contributed by atoms with Gasteiger partial charge in [-0.3, -0.25) is 0 Å². The van der Waals surface area contributed by atoms with Gasteiger partial charge in [-0.2, -0.15) is 0 Å². The normalized spacial score (nSPS) is 10.1. The smallest absolute Gasteiger partial charge is 0.173 e. The number of nitrogens with one attached hydrogen (secondary N) is 1. The van der Waals surface area contributed by atoms with Gasteiger partial charge < -0.3 is 10.1 Å². The molecule has 0 bridgehead atoms. The van der Waals surface area contributed by atoms with E-state index in [1.165, 1.54) is 0 Å². The van der Waals surface area contributed by atoms with Crippen LogP contribution in [0.4, 0.5) is 11.5 Å². The van der Waals surface area contributed by atoms with Gasteiger partial charge in [0.1, 0.15) is 6.61 Å². The van der Waals surface area contributed by atoms with Crippen LogP contribution < -0.4 is 10.1 Å². The maximum Gasteiger partial charge on any atom is 0.173 e. The molecule has 0 unspecified atom stereocenters. The molecule has 3 aromatic rings. The summed E-state index contributed by atoms with van der Waals surface area (Å²) in [6, 6.07) is 23.8. The maximum absolute atomic E-state index is 5.87. The predicted molar refractivity (Wildman–Crippen MR) is 84.7 cm³/mol. The third-order valence-corrected chi connectivity index (χ3v) is 3.04. The van der Waals surface area contributed by atoms with Crippen molar-refractivity contribution in [3.63, 3.8) is 0 Å². The van der Waals surface area contributed by atoms with Crippen molar-refractivity contribution in [3.8, 4) is 5.75 Å². The summed E-state index contributed by atoms with van der Waals surface area (Å²) in [7, 11) is 0. The Bertz CT molecular complexity index is 684. The number of anilines is 2. The summed E-state index contributed by atoms with van der Waals surface area (Å²) in [5.41, 5.74) is 2.12. The molecule has 1 aromatic heterocycles. The van der Waals surface area contributed by atoms with Gasteiger partial charge in [0.05, 0.1) is 0 Å². The molecule has 0 saturated carbocycles. The molecular weight excluding hydrogens is 260 g/mol. The van der Waals surface area contributed by atoms with Crippen LogP contribution in [0, 0.1) is 0 Å². The van der Waals surface area contributed by atoms with E-state index in [1.807, 2.05) is 72.8 Å². The molecule has 0 saturated heterocycles. The molecule has 1 N–H and O–H groups in total. The molecule has 0 fully saturated rings. The monoisotopic (exact) mass is 276 g/mol. The molecule has 2 aromatic carbocycles. The van der Waals surface area contributed by atoms with E-state index in [0.717, 1.165) is 22.8 Å². The highest BCUT2D eigenvalue weighted by molar-refractivity contribution is 5.61. The highest BCUT2D eigenvalue weighted by Crippen LogP contribution is 2.25. The van der Waals surface area contributed by atoms with Gasteiger partial charge in [-0.1, -0.05) is 48.5 Å². The van der Waals surface area contributed by atoms with E-state index in [1.54, 1.807) is 6.20 Å². The summed E-state index contributed by atoms with van der Waals surface area (Å²) in [5.74, 6) is 1.46. The topological polar surface area (TPSA) is 34.1 Å². The number of hydrogen-bond acceptors (Lipinski definition) is 3. The second kappa shape index (κ2) is 6.57. The van der Waals surface area contributed by atoms with Gasteiger partial charge in [-0.25, -0.2) is 4.98 Å². The lowest BCUT2D eigenvalue weighted by atomic mass is 10.2. The zero-order chi connectivity index (χ0) is 14.3. The van der Waals surface area contributed by atoms with Crippen LogP contribution in [0.3, 0.4) is 0 Å². The fourth-order valence-corrected chi connectivity index (χ4v) is 1.99. The Morgan fingerprint density at radius 2 is 1.52 bits per heavy atom. The van der Waals surface area contributed by atoms with Crippen LogP contribution in [0.1, 0.15) is 5.56 Å². The van der Waals surface area contributed by atoms with Crippen LogP contribution in [-0.2, 0) is 6.61 Å². The van der Waals surface area contributed by atoms with Crippen molar-refractivity contribution < 1.29 is 4.74 Å². The third kappa shape index (κ3) is 3.60. The van der Waals surface area contributed by atoms with Gasteiger partial charge in [-0.15, -0.1) is 0 Å². The predicted octanol–water partition coefficient (Wildman–Crippen LogP) is 4.40. The minimum absolute atomic E-state index is 0.524. The fraction of sp³-hybridized carbons (Fsp3) is 0.0556. The van der Waals surface area contributed by atoms with E-state index in [-0.39, 0.29) is 0 Å². The lowest BCUT2D eigenvalue weighted by molar-refractivity contribution is 0.307. The largest absolute Gasteiger partial charge is 0.485 e. The number of benzene rings is 2. The Morgan fingerprint density at radius 3 is 2.29 bits per heavy atom. The van der Waals surface area contributed by atoms with Crippen molar-refractivity contribution >= 4 is 11.5 Å². The Morgan fingerprint density at radius 1 is 0.810 bits per heavy atom. The van der Waals surface area contributed by atoms with Crippen LogP contribution in [0.15, 0.2) is 79.0 Å². The van der Waals surface area contributed by atoms with Crippen molar-refractivity contribution in [2.45, 2.75) is 6.61 Å². The zero-order valence-corrected chi connectivity index (χ0v) is 11.6. The lowest BCUT2D eigenvalue weighted by Gasteiger charge is -2.12. The van der Waals surface area contributed by atoms with Gasteiger partial charge in [0, 0.05) is 11.9 Å². The first-order chi connectivity index (χ1) is 10.4. The van der Waals surface area contributed by atoms with Gasteiger partial charge in [0.15, 0.2) is 11.6 Å². The van der Waals surface area contributed by atoms with Crippen molar-refractivity contribution in [2.75, 3.05) is 5.32 Å². The third-order valence-electron chi connectivity index (χ3n) is 3.04. The van der Waals surface area contributed by atoms with E-state index in [9.17, 15) is 0 Å². The Balaban J connectivity index is 1.73. The molecule has 0 aliphatic heterocycles. The first-order valence-corrected chi connectivity index (χ1v) is 6.85. The second-order valence-corrected chi connectivity index (χ2v) is 4.62. The van der Waals surface area contributed by atoms with Gasteiger partial charge in [-0.05, 0) is 29.8 Å². The molecule has 0 radical (unpaired) electrons. The van der Waals surface area contributed by atoms with Crippen molar-refractivity contribution in [1.29, 1.82) is 0 Å². The van der Waals surface area contributed by atoms with E-state index in [2.05, 4.69) is 10.3 Å². The number of ether oxygens (including phenoxy) is 1. The van der Waals surface area contributed by atoms with Gasteiger partial charge in [0.25, 0.3) is 0 Å². The van der Waals surface area contributed by atoms with Crippen LogP contribution in [0.2, 0.25) is 0 Å². The summed E-state index contributed by atoms with van der Waals surface area (Å²) >= 11 is 0. The molecular formula is C18H16N2O. The zero-order valence-electron chi connectivity index (χ0n) is 11.6. The SMILES string of the molecule is c1ccc(COc2cccnc2Nc2ccccc2)cc1. The minimum atomic E-state index is 0.524. The van der Waals surface area contributed by atoms with Gasteiger partial charge >= 0.3 is 0 Å². The highest BCUT2D eigenvalue weighted by atomic mass is 16.5. The second-order valence-electron chi connectivity index (χ2n) is 4.62. The summed E-state index contributed by atoms with van der Waals surface area (Å²) in [4.78, 5) is 4.35. The first kappa shape index (κ1) is 13.2. The summed E-state index contributed by atoms with van der Waals surface area (Å²) in [5, 5.41) is 3.27. The summed E-state index contributed by atoms with van der Waals surface area (Å²) in [6.07, 6.45) is 1.75. The van der Waals surface area contributed by atoms with Crippen LogP contribution >= 0.6 is 0 Å². The summed E-state index contributed by atoms with van der Waals surface area (Å²) < 4.78 is 5.87. The first-order valence-electron chi connectivity index (χ1n) is 6.85. The van der Waals surface area contributed by atoms with Crippen LogP contribution in [0.25, 0.3) is 0 Å². The maximum atomic E-state index is 5.87. The number of nitrogens with zero attached hydrogens (tertiary/aromatic N) is 1. The standard InChI is InChI=1S/C18H16N2O/c1-3-8-15(9-4-1)14-21-17-12-7-13-19-18(17)20-16-10-5-2-6-11-16/h1-13H,14H2,(H,19,20). The molecule has 0 atom stereocenters. The Hall–Kier alpha value is -2.81. The Kier molecular flexibility index (Phi) is 4.12. The van der Waals surface area contributed by atoms with Crippen LogP contribution in [-0.4, -0.2) is 4.98 Å². The molecule has 104 valence electrons. The molecule has 21 heavy (non-hydrogen) atoms. The summed E-state index contributed by atoms with van der Waals surface area (Å²) in [6.45, 7) is 0.524. The number of aromatic nitrogens is 1. The molecule has 3 heteroatoms. The van der Waals surface area contributed by atoms with E-state index in [4.69, 9.17) is 4.74 Å². The molecule has 3 rings (SSSR count). The van der Waals surface area contributed by atoms with E-state index in [0.29, 0.717) is 6.61 Å².